The molecular formula is C27H38N4O2. The van der Waals surface area contributed by atoms with Crippen LogP contribution in [0.5, 0.6) is 11.5 Å². The third kappa shape index (κ3) is 4.75. The second kappa shape index (κ2) is 10.4. The van der Waals surface area contributed by atoms with Crippen LogP contribution in [0.25, 0.3) is 0 Å². The summed E-state index contributed by atoms with van der Waals surface area (Å²) >= 11 is 0. The van der Waals surface area contributed by atoms with Crippen molar-refractivity contribution in [1.82, 2.24) is 5.32 Å². The van der Waals surface area contributed by atoms with Gasteiger partial charge in [-0.05, 0) is 64.8 Å². The molecule has 178 valence electrons. The number of amides is 2. The minimum absolute atomic E-state index is 0.0705. The number of benzene rings is 2. The fraction of sp³-hybridized carbons (Fsp3) is 0.519. The number of carbonyl (C=O) groups excluding carboxylic acids is 1. The van der Waals surface area contributed by atoms with Crippen LogP contribution in [0.3, 0.4) is 0 Å². The van der Waals surface area contributed by atoms with Crippen LogP contribution in [0.4, 0.5) is 27.5 Å². The fourth-order valence-electron chi connectivity index (χ4n) is 5.06. The van der Waals surface area contributed by atoms with E-state index in [1.54, 1.807) is 4.90 Å². The Bertz CT molecular complexity index is 901. The minimum atomic E-state index is -0.0705. The molecule has 0 atom stereocenters. The maximum atomic E-state index is 13.6. The topological polar surface area (TPSA) is 48.1 Å². The lowest BCUT2D eigenvalue weighted by Crippen LogP contribution is -2.44. The lowest BCUT2D eigenvalue weighted by molar-refractivity contribution is 0.240. The van der Waals surface area contributed by atoms with Gasteiger partial charge in [-0.2, -0.15) is 0 Å². The smallest absolute Gasteiger partial charge is 0.326 e. The van der Waals surface area contributed by atoms with E-state index in [0.717, 1.165) is 73.3 Å². The summed E-state index contributed by atoms with van der Waals surface area (Å²) in [6, 6.07) is 12.5. The zero-order chi connectivity index (χ0) is 23.4. The van der Waals surface area contributed by atoms with E-state index < -0.39 is 0 Å². The quantitative estimate of drug-likeness (QED) is 0.512. The van der Waals surface area contributed by atoms with Crippen LogP contribution in [-0.4, -0.2) is 38.3 Å². The molecule has 1 aliphatic carbocycles. The van der Waals surface area contributed by atoms with Crippen LogP contribution < -0.4 is 24.8 Å². The molecule has 1 aliphatic heterocycles. The maximum Gasteiger partial charge on any atom is 0.326 e. The van der Waals surface area contributed by atoms with Crippen LogP contribution in [0, 0.1) is 0 Å². The van der Waals surface area contributed by atoms with Gasteiger partial charge in [0.25, 0.3) is 0 Å². The molecule has 1 fully saturated rings. The molecule has 0 unspecified atom stereocenters. The van der Waals surface area contributed by atoms with Gasteiger partial charge in [0.05, 0.1) is 11.4 Å². The van der Waals surface area contributed by atoms with E-state index in [2.05, 4.69) is 67.1 Å². The average Bonchev–Trinajstić information content (AvgIpc) is 2.84. The van der Waals surface area contributed by atoms with E-state index in [9.17, 15) is 4.79 Å². The molecule has 0 radical (unpaired) electrons. The van der Waals surface area contributed by atoms with Crippen molar-refractivity contribution in [3.8, 4) is 11.5 Å². The van der Waals surface area contributed by atoms with Crippen molar-refractivity contribution in [3.63, 3.8) is 0 Å². The van der Waals surface area contributed by atoms with Gasteiger partial charge in [-0.1, -0.05) is 19.3 Å². The Balaban J connectivity index is 1.73. The summed E-state index contributed by atoms with van der Waals surface area (Å²) < 4.78 is 6.43. The van der Waals surface area contributed by atoms with E-state index >= 15 is 0 Å². The second-order valence-electron chi connectivity index (χ2n) is 8.87. The van der Waals surface area contributed by atoms with Crippen molar-refractivity contribution in [2.45, 2.75) is 65.8 Å². The molecule has 2 aromatic carbocycles. The predicted octanol–water partition coefficient (Wildman–Crippen LogP) is 6.67. The molecule has 6 heteroatoms. The van der Waals surface area contributed by atoms with Crippen molar-refractivity contribution >= 4 is 28.8 Å². The van der Waals surface area contributed by atoms with Gasteiger partial charge in [0.2, 0.25) is 0 Å². The van der Waals surface area contributed by atoms with Crippen LogP contribution in [0.1, 0.15) is 59.8 Å². The lowest BCUT2D eigenvalue weighted by Gasteiger charge is -2.35. The normalized spacial score (nSPS) is 15.3. The summed E-state index contributed by atoms with van der Waals surface area (Å²) in [6.07, 6.45) is 5.73. The first-order valence-electron chi connectivity index (χ1n) is 12.7. The Morgan fingerprint density at radius 1 is 0.848 bits per heavy atom. The van der Waals surface area contributed by atoms with Gasteiger partial charge in [-0.15, -0.1) is 0 Å². The summed E-state index contributed by atoms with van der Waals surface area (Å²) in [7, 11) is 0. The highest BCUT2D eigenvalue weighted by atomic mass is 16.5. The Morgan fingerprint density at radius 3 is 1.79 bits per heavy atom. The summed E-state index contributed by atoms with van der Waals surface area (Å²) in [6.45, 7) is 12.3. The molecule has 4 rings (SSSR count). The van der Waals surface area contributed by atoms with E-state index in [1.807, 2.05) is 12.1 Å². The Morgan fingerprint density at radius 2 is 1.33 bits per heavy atom. The number of fused-ring (bicyclic) bond motifs is 2. The van der Waals surface area contributed by atoms with Gasteiger partial charge in [-0.3, -0.25) is 4.90 Å². The molecule has 0 bridgehead atoms. The number of rotatable bonds is 7. The standard InChI is InChI=1S/C27H38N4O2/c1-5-29(6-2)21-14-16-23-25(18-21)33-26-19-22(30(7-3)8-4)15-17-24(26)31(23)27(32)28-20-12-10-9-11-13-20/h14-20H,5-13H2,1-4H3,(H,28,32). The molecule has 0 aromatic heterocycles. The van der Waals surface area contributed by atoms with Crippen molar-refractivity contribution in [1.29, 1.82) is 0 Å². The van der Waals surface area contributed by atoms with Crippen molar-refractivity contribution in [2.75, 3.05) is 40.9 Å². The largest absolute Gasteiger partial charge is 0.453 e. The number of ether oxygens (including phenoxy) is 1. The molecular weight excluding hydrogens is 412 g/mol. The molecule has 1 heterocycles. The highest BCUT2D eigenvalue weighted by molar-refractivity contribution is 6.04. The number of carbonyl (C=O) groups is 1. The minimum Gasteiger partial charge on any atom is -0.453 e. The maximum absolute atomic E-state index is 13.6. The molecule has 0 spiro atoms. The van der Waals surface area contributed by atoms with E-state index in [-0.39, 0.29) is 12.1 Å². The Labute approximate surface area is 198 Å². The number of nitrogens with one attached hydrogen (secondary N) is 1. The first kappa shape index (κ1) is 23.3. The van der Waals surface area contributed by atoms with Gasteiger partial charge in [0.1, 0.15) is 0 Å². The average molecular weight is 451 g/mol. The van der Waals surface area contributed by atoms with Crippen LogP contribution in [0.15, 0.2) is 36.4 Å². The first-order chi connectivity index (χ1) is 16.1. The second-order valence-corrected chi connectivity index (χ2v) is 8.87. The number of hydrogen-bond acceptors (Lipinski definition) is 4. The molecule has 2 aliphatic rings. The van der Waals surface area contributed by atoms with Crippen LogP contribution in [-0.2, 0) is 0 Å². The molecule has 2 amide bonds. The number of anilines is 4. The van der Waals surface area contributed by atoms with Gasteiger partial charge >= 0.3 is 6.03 Å². The Hall–Kier alpha value is -2.89. The van der Waals surface area contributed by atoms with Crippen molar-refractivity contribution < 1.29 is 9.53 Å². The fourth-order valence-corrected chi connectivity index (χ4v) is 5.06. The van der Waals surface area contributed by atoms with E-state index in [0.29, 0.717) is 0 Å². The zero-order valence-electron chi connectivity index (χ0n) is 20.6. The highest BCUT2D eigenvalue weighted by Gasteiger charge is 2.31. The molecule has 2 aromatic rings. The first-order valence-corrected chi connectivity index (χ1v) is 12.7. The van der Waals surface area contributed by atoms with Crippen LogP contribution >= 0.6 is 0 Å². The van der Waals surface area contributed by atoms with Gasteiger partial charge < -0.3 is 19.9 Å². The number of hydrogen-bond donors (Lipinski definition) is 1. The molecule has 0 saturated heterocycles. The van der Waals surface area contributed by atoms with Crippen molar-refractivity contribution in [2.24, 2.45) is 0 Å². The Kier molecular flexibility index (Phi) is 7.31. The SMILES string of the molecule is CCN(CC)c1ccc2c(c1)Oc1cc(N(CC)CC)ccc1N2C(=O)NC1CCCCC1. The third-order valence-electron chi connectivity index (χ3n) is 6.98. The zero-order valence-corrected chi connectivity index (χ0v) is 20.6. The van der Waals surface area contributed by atoms with Gasteiger partial charge in [-0.25, -0.2) is 4.79 Å². The molecule has 1 saturated carbocycles. The number of nitrogens with zero attached hydrogens (tertiary/aromatic N) is 3. The monoisotopic (exact) mass is 450 g/mol. The van der Waals surface area contributed by atoms with Gasteiger partial charge in [0, 0.05) is 55.7 Å². The number of urea groups is 1. The molecule has 1 N–H and O–H groups in total. The molecule has 6 nitrogen and oxygen atoms in total. The summed E-state index contributed by atoms with van der Waals surface area (Å²) in [4.78, 5) is 20.0. The molecule has 33 heavy (non-hydrogen) atoms. The third-order valence-corrected chi connectivity index (χ3v) is 6.98. The van der Waals surface area contributed by atoms with Crippen LogP contribution in [0.2, 0.25) is 0 Å². The van der Waals surface area contributed by atoms with E-state index in [1.165, 1.54) is 19.3 Å². The van der Waals surface area contributed by atoms with Crippen molar-refractivity contribution in [3.05, 3.63) is 36.4 Å². The van der Waals surface area contributed by atoms with E-state index in [4.69, 9.17) is 4.74 Å². The lowest BCUT2D eigenvalue weighted by atomic mass is 9.96. The van der Waals surface area contributed by atoms with Gasteiger partial charge in [0.15, 0.2) is 11.5 Å². The summed E-state index contributed by atoms with van der Waals surface area (Å²) in [5.41, 5.74) is 3.80. The summed E-state index contributed by atoms with van der Waals surface area (Å²) in [5, 5.41) is 3.30. The summed E-state index contributed by atoms with van der Waals surface area (Å²) in [5.74, 6) is 1.45. The predicted molar refractivity (Wildman–Crippen MR) is 138 cm³/mol. The highest BCUT2D eigenvalue weighted by Crippen LogP contribution is 2.49.